The van der Waals surface area contributed by atoms with Crippen LogP contribution in [0.3, 0.4) is 0 Å². The fourth-order valence-electron chi connectivity index (χ4n) is 2.50. The molecular formula is C13H22F2N2O2. The Morgan fingerprint density at radius 3 is 2.84 bits per heavy atom. The van der Waals surface area contributed by atoms with Crippen molar-refractivity contribution < 1.29 is 18.3 Å². The van der Waals surface area contributed by atoms with E-state index in [2.05, 4.69) is 19.2 Å². The molecule has 1 N–H and O–H groups in total. The van der Waals surface area contributed by atoms with Crippen LogP contribution >= 0.6 is 0 Å². The van der Waals surface area contributed by atoms with Crippen LogP contribution < -0.4 is 5.32 Å². The van der Waals surface area contributed by atoms with E-state index in [1.807, 2.05) is 0 Å². The van der Waals surface area contributed by atoms with Crippen LogP contribution in [0.2, 0.25) is 0 Å². The molecule has 2 rings (SSSR count). The summed E-state index contributed by atoms with van der Waals surface area (Å²) in [4.78, 5) is 13.7. The SMILES string of the molecule is CC(C)COC1CCN(C(=O)C2CC(F)(F)CN2)C1. The number of alkyl halides is 2. The van der Waals surface area contributed by atoms with Crippen LogP contribution in [0, 0.1) is 5.92 Å². The Kier molecular flexibility index (Phi) is 4.40. The van der Waals surface area contributed by atoms with Crippen LogP contribution in [-0.4, -0.2) is 55.1 Å². The first-order valence-electron chi connectivity index (χ1n) is 6.89. The number of hydrogen-bond donors (Lipinski definition) is 1. The highest BCUT2D eigenvalue weighted by molar-refractivity contribution is 5.82. The second-order valence-electron chi connectivity index (χ2n) is 5.92. The highest BCUT2D eigenvalue weighted by Gasteiger charge is 2.44. The number of carbonyl (C=O) groups is 1. The summed E-state index contributed by atoms with van der Waals surface area (Å²) >= 11 is 0. The number of halogens is 2. The van der Waals surface area contributed by atoms with Gasteiger partial charge in [0.15, 0.2) is 0 Å². The van der Waals surface area contributed by atoms with Gasteiger partial charge in [-0.15, -0.1) is 0 Å². The zero-order valence-corrected chi connectivity index (χ0v) is 11.5. The zero-order valence-electron chi connectivity index (χ0n) is 11.5. The van der Waals surface area contributed by atoms with Crippen molar-refractivity contribution in [1.82, 2.24) is 10.2 Å². The second kappa shape index (κ2) is 5.71. The maximum absolute atomic E-state index is 13.1. The largest absolute Gasteiger partial charge is 0.376 e. The van der Waals surface area contributed by atoms with E-state index in [1.165, 1.54) is 0 Å². The van der Waals surface area contributed by atoms with Crippen LogP contribution in [0.25, 0.3) is 0 Å². The molecular weight excluding hydrogens is 254 g/mol. The van der Waals surface area contributed by atoms with Gasteiger partial charge in [-0.2, -0.15) is 0 Å². The van der Waals surface area contributed by atoms with Crippen molar-refractivity contribution >= 4 is 5.91 Å². The molecule has 0 radical (unpaired) electrons. The third-order valence-corrected chi connectivity index (χ3v) is 3.53. The highest BCUT2D eigenvalue weighted by Crippen LogP contribution is 2.27. The van der Waals surface area contributed by atoms with Crippen LogP contribution in [0.5, 0.6) is 0 Å². The number of carbonyl (C=O) groups excluding carboxylic acids is 1. The van der Waals surface area contributed by atoms with Crippen LogP contribution in [-0.2, 0) is 9.53 Å². The van der Waals surface area contributed by atoms with E-state index < -0.39 is 18.5 Å². The number of hydrogen-bond acceptors (Lipinski definition) is 3. The van der Waals surface area contributed by atoms with Gasteiger partial charge in [0.05, 0.1) is 18.7 Å². The molecule has 0 aromatic carbocycles. The van der Waals surface area contributed by atoms with Gasteiger partial charge in [-0.05, 0) is 12.3 Å². The van der Waals surface area contributed by atoms with Gasteiger partial charge in [-0.3, -0.25) is 10.1 Å². The maximum Gasteiger partial charge on any atom is 0.262 e. The van der Waals surface area contributed by atoms with E-state index in [1.54, 1.807) is 4.90 Å². The van der Waals surface area contributed by atoms with Gasteiger partial charge in [-0.1, -0.05) is 13.8 Å². The maximum atomic E-state index is 13.1. The van der Waals surface area contributed by atoms with Gasteiger partial charge in [0.2, 0.25) is 5.91 Å². The van der Waals surface area contributed by atoms with Crippen molar-refractivity contribution in [3.05, 3.63) is 0 Å². The van der Waals surface area contributed by atoms with Gasteiger partial charge in [0.1, 0.15) is 0 Å². The lowest BCUT2D eigenvalue weighted by Crippen LogP contribution is -2.43. The monoisotopic (exact) mass is 276 g/mol. The highest BCUT2D eigenvalue weighted by atomic mass is 19.3. The molecule has 2 heterocycles. The summed E-state index contributed by atoms with van der Waals surface area (Å²) in [7, 11) is 0. The van der Waals surface area contributed by atoms with Crippen LogP contribution in [0.15, 0.2) is 0 Å². The van der Waals surface area contributed by atoms with Crippen LogP contribution in [0.4, 0.5) is 8.78 Å². The molecule has 110 valence electrons. The van der Waals surface area contributed by atoms with Crippen molar-refractivity contribution in [2.75, 3.05) is 26.2 Å². The number of nitrogens with one attached hydrogen (secondary N) is 1. The predicted molar refractivity (Wildman–Crippen MR) is 67.1 cm³/mol. The van der Waals surface area contributed by atoms with E-state index >= 15 is 0 Å². The van der Waals surface area contributed by atoms with Crippen molar-refractivity contribution in [2.45, 2.75) is 44.8 Å². The molecule has 2 aliphatic rings. The van der Waals surface area contributed by atoms with E-state index in [9.17, 15) is 13.6 Å². The minimum absolute atomic E-state index is 0.0493. The molecule has 0 aliphatic carbocycles. The van der Waals surface area contributed by atoms with Gasteiger partial charge in [0, 0.05) is 26.1 Å². The Morgan fingerprint density at radius 1 is 1.53 bits per heavy atom. The molecule has 2 aliphatic heterocycles. The Hall–Kier alpha value is -0.750. The lowest BCUT2D eigenvalue weighted by molar-refractivity contribution is -0.133. The number of nitrogens with zero attached hydrogens (tertiary/aromatic N) is 1. The van der Waals surface area contributed by atoms with Gasteiger partial charge < -0.3 is 9.64 Å². The van der Waals surface area contributed by atoms with Crippen molar-refractivity contribution in [3.63, 3.8) is 0 Å². The standard InChI is InChI=1S/C13H22F2N2O2/c1-9(2)7-19-10-3-4-17(6-10)12(18)11-5-13(14,15)8-16-11/h9-11,16H,3-8H2,1-2H3. The number of rotatable bonds is 4. The van der Waals surface area contributed by atoms with Crippen molar-refractivity contribution in [2.24, 2.45) is 5.92 Å². The molecule has 4 nitrogen and oxygen atoms in total. The molecule has 2 atom stereocenters. The van der Waals surface area contributed by atoms with E-state index in [4.69, 9.17) is 4.74 Å². The summed E-state index contributed by atoms with van der Waals surface area (Å²) < 4.78 is 31.8. The predicted octanol–water partition coefficient (Wildman–Crippen LogP) is 1.26. The van der Waals surface area contributed by atoms with Crippen molar-refractivity contribution in [1.29, 1.82) is 0 Å². The molecule has 0 spiro atoms. The quantitative estimate of drug-likeness (QED) is 0.840. The smallest absolute Gasteiger partial charge is 0.262 e. The Labute approximate surface area is 112 Å². The third-order valence-electron chi connectivity index (χ3n) is 3.53. The summed E-state index contributed by atoms with van der Waals surface area (Å²) in [6.07, 6.45) is 0.454. The first-order chi connectivity index (χ1) is 8.87. The summed E-state index contributed by atoms with van der Waals surface area (Å²) in [5.41, 5.74) is 0. The minimum atomic E-state index is -2.76. The van der Waals surface area contributed by atoms with Gasteiger partial charge in [-0.25, -0.2) is 8.78 Å². The Bertz CT molecular complexity index is 337. The molecule has 2 fully saturated rings. The normalized spacial score (nSPS) is 30.3. The molecule has 6 heteroatoms. The second-order valence-corrected chi connectivity index (χ2v) is 5.92. The summed E-state index contributed by atoms with van der Waals surface area (Å²) in [6, 6.07) is -0.737. The minimum Gasteiger partial charge on any atom is -0.376 e. The Balaban J connectivity index is 1.79. The molecule has 0 aromatic rings. The lowest BCUT2D eigenvalue weighted by atomic mass is 10.2. The summed E-state index contributed by atoms with van der Waals surface area (Å²) in [6.45, 7) is 5.54. The third kappa shape index (κ3) is 3.86. The van der Waals surface area contributed by atoms with E-state index in [-0.39, 0.29) is 18.4 Å². The molecule has 2 unspecified atom stereocenters. The van der Waals surface area contributed by atoms with Gasteiger partial charge >= 0.3 is 0 Å². The fraction of sp³-hybridized carbons (Fsp3) is 0.923. The number of ether oxygens (including phenoxy) is 1. The first kappa shape index (κ1) is 14.7. The molecule has 2 saturated heterocycles. The van der Waals surface area contributed by atoms with Crippen LogP contribution in [0.1, 0.15) is 26.7 Å². The van der Waals surface area contributed by atoms with E-state index in [0.717, 1.165) is 6.42 Å². The van der Waals surface area contributed by atoms with E-state index in [0.29, 0.717) is 25.6 Å². The average molecular weight is 276 g/mol. The Morgan fingerprint density at radius 2 is 2.26 bits per heavy atom. The molecule has 19 heavy (non-hydrogen) atoms. The molecule has 1 amide bonds. The van der Waals surface area contributed by atoms with Gasteiger partial charge in [0.25, 0.3) is 5.92 Å². The molecule has 0 aromatic heterocycles. The molecule has 0 saturated carbocycles. The average Bonchev–Trinajstić information content (AvgIpc) is 2.92. The zero-order chi connectivity index (χ0) is 14.0. The number of likely N-dealkylation sites (tertiary alicyclic amines) is 1. The summed E-state index contributed by atoms with van der Waals surface area (Å²) in [5, 5.41) is 2.61. The summed E-state index contributed by atoms with van der Waals surface area (Å²) in [5.74, 6) is -2.51. The van der Waals surface area contributed by atoms with Crippen molar-refractivity contribution in [3.8, 4) is 0 Å². The fourth-order valence-corrected chi connectivity index (χ4v) is 2.50. The topological polar surface area (TPSA) is 41.6 Å². The molecule has 0 bridgehead atoms. The first-order valence-corrected chi connectivity index (χ1v) is 6.89. The lowest BCUT2D eigenvalue weighted by Gasteiger charge is -2.21. The number of amides is 1.